The van der Waals surface area contributed by atoms with E-state index < -0.39 is 0 Å². The van der Waals surface area contributed by atoms with E-state index in [1.165, 1.54) is 16.7 Å². The minimum absolute atomic E-state index is 0.0726. The van der Waals surface area contributed by atoms with Crippen LogP contribution in [0.3, 0.4) is 0 Å². The fraction of sp³-hybridized carbons (Fsp3) is 0.316. The van der Waals surface area contributed by atoms with Gasteiger partial charge in [0.05, 0.1) is 6.04 Å². The molecule has 2 aromatic carbocycles. The topological polar surface area (TPSA) is 24.1 Å². The molecule has 0 saturated heterocycles. The molecule has 0 aromatic heterocycles. The molecule has 0 radical (unpaired) electrons. The lowest BCUT2D eigenvalue weighted by Crippen LogP contribution is -2.38. The van der Waals surface area contributed by atoms with Crippen molar-refractivity contribution < 1.29 is 0 Å². The monoisotopic (exact) mass is 312 g/mol. The summed E-state index contributed by atoms with van der Waals surface area (Å²) < 4.78 is 0. The average Bonchev–Trinajstić information content (AvgIpc) is 2.55. The predicted molar refractivity (Wildman–Crippen MR) is 98.1 cm³/mol. The molecule has 2 N–H and O–H groups in total. The van der Waals surface area contributed by atoms with Crippen molar-refractivity contribution in [1.29, 1.82) is 0 Å². The first kappa shape index (κ1) is 16.5. The molecule has 0 saturated carbocycles. The molecular weight excluding hydrogens is 288 g/mol. The maximum atomic E-state index is 5.45. The predicted octanol–water partition coefficient (Wildman–Crippen LogP) is 4.35. The van der Waals surface area contributed by atoms with Crippen molar-refractivity contribution in [1.82, 2.24) is 10.6 Å². The second kappa shape index (κ2) is 8.54. The van der Waals surface area contributed by atoms with Crippen LogP contribution in [0.5, 0.6) is 0 Å². The number of hydrogen-bond acceptors (Lipinski definition) is 1. The van der Waals surface area contributed by atoms with E-state index in [1.807, 2.05) is 6.07 Å². The number of nitrogens with one attached hydrogen (secondary N) is 2. The molecule has 0 aliphatic carbocycles. The smallest absolute Gasteiger partial charge is 0.167 e. The van der Waals surface area contributed by atoms with Gasteiger partial charge in [0.1, 0.15) is 0 Å². The maximum Gasteiger partial charge on any atom is 0.167 e. The van der Waals surface area contributed by atoms with Crippen molar-refractivity contribution in [2.75, 3.05) is 6.54 Å². The van der Waals surface area contributed by atoms with Gasteiger partial charge in [0.2, 0.25) is 0 Å². The Bertz CT molecular complexity index is 578. The second-order valence-corrected chi connectivity index (χ2v) is 5.92. The summed E-state index contributed by atoms with van der Waals surface area (Å²) in [5.41, 5.74) is 3.70. The summed E-state index contributed by atoms with van der Waals surface area (Å²) in [4.78, 5) is 0. The van der Waals surface area contributed by atoms with Gasteiger partial charge in [-0.15, -0.1) is 0 Å². The summed E-state index contributed by atoms with van der Waals surface area (Å²) in [7, 11) is 0. The Morgan fingerprint density at radius 1 is 1.00 bits per heavy atom. The van der Waals surface area contributed by atoms with Gasteiger partial charge in [-0.05, 0) is 36.7 Å². The zero-order chi connectivity index (χ0) is 15.8. The van der Waals surface area contributed by atoms with Gasteiger partial charge in [-0.1, -0.05) is 73.5 Å². The summed E-state index contributed by atoms with van der Waals surface area (Å²) in [6.45, 7) is 5.20. The van der Waals surface area contributed by atoms with E-state index in [0.717, 1.165) is 19.4 Å². The summed E-state index contributed by atoms with van der Waals surface area (Å²) in [5.74, 6) is 0. The largest absolute Gasteiger partial charge is 0.363 e. The molecule has 116 valence electrons. The lowest BCUT2D eigenvalue weighted by molar-refractivity contribution is 0.707. The van der Waals surface area contributed by atoms with Crippen molar-refractivity contribution in [3.63, 3.8) is 0 Å². The lowest BCUT2D eigenvalue weighted by atomic mass is 9.98. The minimum atomic E-state index is 0.0726. The zero-order valence-electron chi connectivity index (χ0n) is 13.3. The summed E-state index contributed by atoms with van der Waals surface area (Å²) in [6, 6.07) is 19.1. The van der Waals surface area contributed by atoms with Crippen LogP contribution in [0.2, 0.25) is 0 Å². The highest BCUT2D eigenvalue weighted by Crippen LogP contribution is 2.22. The highest BCUT2D eigenvalue weighted by molar-refractivity contribution is 7.80. The zero-order valence-corrected chi connectivity index (χ0v) is 14.1. The number of hydrogen-bond donors (Lipinski definition) is 2. The third-order valence-corrected chi connectivity index (χ3v) is 3.90. The molecule has 0 heterocycles. The van der Waals surface area contributed by atoms with Crippen LogP contribution >= 0.6 is 12.2 Å². The standard InChI is InChI=1S/C19H24N2S/c1-3-4-14-20-19(22)21-18(16-8-6-5-7-9-16)17-12-10-15(2)11-13-17/h5-13,18H,3-4,14H2,1-2H3,(H2,20,21,22)/t18-/m1/s1. The van der Waals surface area contributed by atoms with Crippen LogP contribution in [-0.4, -0.2) is 11.7 Å². The van der Waals surface area contributed by atoms with Crippen LogP contribution in [-0.2, 0) is 0 Å². The average molecular weight is 312 g/mol. The van der Waals surface area contributed by atoms with E-state index >= 15 is 0 Å². The van der Waals surface area contributed by atoms with E-state index in [-0.39, 0.29) is 6.04 Å². The summed E-state index contributed by atoms with van der Waals surface area (Å²) >= 11 is 5.45. The van der Waals surface area contributed by atoms with Crippen molar-refractivity contribution in [2.45, 2.75) is 32.7 Å². The number of unbranched alkanes of at least 4 members (excludes halogenated alkanes) is 1. The first-order valence-corrected chi connectivity index (χ1v) is 8.27. The van der Waals surface area contributed by atoms with Gasteiger partial charge in [-0.2, -0.15) is 0 Å². The molecule has 0 amide bonds. The minimum Gasteiger partial charge on any atom is -0.363 e. The molecule has 0 aliphatic rings. The van der Waals surface area contributed by atoms with Crippen LogP contribution in [0.25, 0.3) is 0 Å². The number of aryl methyl sites for hydroxylation is 1. The molecule has 0 fully saturated rings. The van der Waals surface area contributed by atoms with Crippen LogP contribution in [0.15, 0.2) is 54.6 Å². The number of thiocarbonyl (C=S) groups is 1. The van der Waals surface area contributed by atoms with E-state index in [9.17, 15) is 0 Å². The van der Waals surface area contributed by atoms with Gasteiger partial charge in [-0.25, -0.2) is 0 Å². The molecule has 0 spiro atoms. The summed E-state index contributed by atoms with van der Waals surface area (Å²) in [6.07, 6.45) is 2.29. The van der Waals surface area contributed by atoms with Crippen molar-refractivity contribution in [2.24, 2.45) is 0 Å². The van der Waals surface area contributed by atoms with Gasteiger partial charge in [-0.3, -0.25) is 0 Å². The Morgan fingerprint density at radius 2 is 1.64 bits per heavy atom. The quantitative estimate of drug-likeness (QED) is 0.612. The molecule has 0 aliphatic heterocycles. The van der Waals surface area contributed by atoms with Crippen LogP contribution < -0.4 is 10.6 Å². The summed E-state index contributed by atoms with van der Waals surface area (Å²) in [5, 5.41) is 7.44. The number of rotatable bonds is 6. The fourth-order valence-electron chi connectivity index (χ4n) is 2.32. The second-order valence-electron chi connectivity index (χ2n) is 5.51. The molecule has 2 aromatic rings. The lowest BCUT2D eigenvalue weighted by Gasteiger charge is -2.22. The molecule has 3 heteroatoms. The van der Waals surface area contributed by atoms with E-state index in [0.29, 0.717) is 5.11 Å². The van der Waals surface area contributed by atoms with Crippen molar-refractivity contribution in [3.8, 4) is 0 Å². The molecule has 22 heavy (non-hydrogen) atoms. The van der Waals surface area contributed by atoms with Crippen molar-refractivity contribution in [3.05, 3.63) is 71.3 Å². The fourth-order valence-corrected chi connectivity index (χ4v) is 2.54. The third kappa shape index (κ3) is 4.85. The van der Waals surface area contributed by atoms with E-state index in [4.69, 9.17) is 12.2 Å². The maximum absolute atomic E-state index is 5.45. The first-order valence-electron chi connectivity index (χ1n) is 7.86. The molecule has 0 bridgehead atoms. The van der Waals surface area contributed by atoms with Gasteiger partial charge >= 0.3 is 0 Å². The van der Waals surface area contributed by atoms with E-state index in [1.54, 1.807) is 0 Å². The Hall–Kier alpha value is -1.87. The third-order valence-electron chi connectivity index (χ3n) is 3.63. The molecule has 0 unspecified atom stereocenters. The van der Waals surface area contributed by atoms with Gasteiger partial charge in [0, 0.05) is 6.54 Å². The molecule has 2 rings (SSSR count). The van der Waals surface area contributed by atoms with Crippen LogP contribution in [0, 0.1) is 6.92 Å². The Balaban J connectivity index is 2.15. The Labute approximate surface area is 139 Å². The SMILES string of the molecule is CCCCNC(=S)N[C@H](c1ccccc1)c1ccc(C)cc1. The van der Waals surface area contributed by atoms with Crippen LogP contribution in [0.1, 0.15) is 42.5 Å². The highest BCUT2D eigenvalue weighted by atomic mass is 32.1. The molecule has 2 nitrogen and oxygen atoms in total. The van der Waals surface area contributed by atoms with Crippen molar-refractivity contribution >= 4 is 17.3 Å². The number of benzene rings is 2. The van der Waals surface area contributed by atoms with Gasteiger partial charge in [0.15, 0.2) is 5.11 Å². The molecule has 1 atom stereocenters. The van der Waals surface area contributed by atoms with Gasteiger partial charge in [0.25, 0.3) is 0 Å². The Morgan fingerprint density at radius 3 is 2.27 bits per heavy atom. The first-order chi connectivity index (χ1) is 10.7. The normalized spacial score (nSPS) is 11.7. The van der Waals surface area contributed by atoms with E-state index in [2.05, 4.69) is 73.0 Å². The molecular formula is C19H24N2S. The highest BCUT2D eigenvalue weighted by Gasteiger charge is 2.14. The van der Waals surface area contributed by atoms with Crippen LogP contribution in [0.4, 0.5) is 0 Å². The van der Waals surface area contributed by atoms with Gasteiger partial charge < -0.3 is 10.6 Å². The Kier molecular flexibility index (Phi) is 6.41.